The number of likely N-dealkylation sites (tertiary alicyclic amines) is 1. The summed E-state index contributed by atoms with van der Waals surface area (Å²) in [6.45, 7) is 16.2. The Kier molecular flexibility index (Phi) is 15.4. The molecule has 0 bridgehead atoms. The fourth-order valence-corrected chi connectivity index (χ4v) is 7.73. The van der Waals surface area contributed by atoms with E-state index in [1.807, 2.05) is 90.9 Å². The minimum atomic E-state index is -0.873. The maximum Gasteiger partial charge on any atom is 0.410 e. The quantitative estimate of drug-likeness (QED) is 0.114. The normalized spacial score (nSPS) is 17.7. The molecule has 1 aliphatic carbocycles. The number of hydrogen-bond donors (Lipinski definition) is 5. The van der Waals surface area contributed by atoms with Crippen molar-refractivity contribution < 1.29 is 33.4 Å². The first-order valence-electron chi connectivity index (χ1n) is 21.5. The standard InChI is InChI=1S/C48H64N6O7/c1-30-26-37(43(56)51-39-22-24-54(25-23-39)46(59)61-48(6,7)8)18-21-40(30)36-11-9-10-33(27-36)28-41(44(57)52-38-19-16-34(17-20-38)31(2)49)53-42(55)35-14-12-32(13-15-35)29-50-45(58)60-47(3,4)5/h9-11,16-21,26-27,32,35,39,41,49H,12-15,22-25,28-29H2,1-8H3,(H,50,58)(H,51,56)(H,52,57)(H,53,55)/t32?,35?,41-/m0/s1. The fourth-order valence-electron chi connectivity index (χ4n) is 7.73. The molecule has 1 atom stereocenters. The molecule has 61 heavy (non-hydrogen) atoms. The van der Waals surface area contributed by atoms with Gasteiger partial charge in [-0.1, -0.05) is 42.5 Å². The van der Waals surface area contributed by atoms with E-state index >= 15 is 0 Å². The topological polar surface area (TPSA) is 179 Å². The highest BCUT2D eigenvalue weighted by atomic mass is 16.6. The molecule has 5 N–H and O–H groups in total. The Morgan fingerprint density at radius 2 is 1.44 bits per heavy atom. The van der Waals surface area contributed by atoms with Crippen LogP contribution in [0.25, 0.3) is 11.1 Å². The van der Waals surface area contributed by atoms with Gasteiger partial charge in [0.15, 0.2) is 0 Å². The van der Waals surface area contributed by atoms with Gasteiger partial charge in [-0.3, -0.25) is 14.4 Å². The van der Waals surface area contributed by atoms with Crippen molar-refractivity contribution in [3.63, 3.8) is 0 Å². The van der Waals surface area contributed by atoms with E-state index in [4.69, 9.17) is 14.9 Å². The molecule has 3 aromatic rings. The monoisotopic (exact) mass is 836 g/mol. The Bertz CT molecular complexity index is 2050. The van der Waals surface area contributed by atoms with E-state index < -0.39 is 23.3 Å². The lowest BCUT2D eigenvalue weighted by molar-refractivity contribution is -0.130. The third-order valence-electron chi connectivity index (χ3n) is 11.0. The van der Waals surface area contributed by atoms with Crippen LogP contribution in [0.5, 0.6) is 0 Å². The number of amides is 5. The first-order valence-corrected chi connectivity index (χ1v) is 21.5. The summed E-state index contributed by atoms with van der Waals surface area (Å²) < 4.78 is 10.9. The molecule has 1 saturated carbocycles. The summed E-state index contributed by atoms with van der Waals surface area (Å²) in [7, 11) is 0. The maximum absolute atomic E-state index is 13.9. The first-order chi connectivity index (χ1) is 28.7. The molecular formula is C48H64N6O7. The number of hydrogen-bond acceptors (Lipinski definition) is 8. The molecule has 5 amide bonds. The number of nitrogens with zero attached hydrogens (tertiary/aromatic N) is 1. The van der Waals surface area contributed by atoms with E-state index in [1.165, 1.54) is 0 Å². The summed E-state index contributed by atoms with van der Waals surface area (Å²) in [4.78, 5) is 67.4. The van der Waals surface area contributed by atoms with Crippen molar-refractivity contribution in [3.8, 4) is 11.1 Å². The van der Waals surface area contributed by atoms with Crippen molar-refractivity contribution >= 4 is 41.3 Å². The lowest BCUT2D eigenvalue weighted by atomic mass is 9.81. The zero-order valence-electron chi connectivity index (χ0n) is 37.0. The third kappa shape index (κ3) is 14.2. The average molecular weight is 837 g/mol. The lowest BCUT2D eigenvalue weighted by Gasteiger charge is -2.33. The summed E-state index contributed by atoms with van der Waals surface area (Å²) >= 11 is 0. The summed E-state index contributed by atoms with van der Waals surface area (Å²) in [6, 6.07) is 19.6. The van der Waals surface area contributed by atoms with Crippen molar-refractivity contribution in [2.24, 2.45) is 11.8 Å². The highest BCUT2D eigenvalue weighted by molar-refractivity contribution is 5.99. The van der Waals surface area contributed by atoms with Gasteiger partial charge in [0.25, 0.3) is 5.91 Å². The summed E-state index contributed by atoms with van der Waals surface area (Å²) in [5.41, 5.74) is 4.74. The van der Waals surface area contributed by atoms with Crippen LogP contribution >= 0.6 is 0 Å². The predicted octanol–water partition coefficient (Wildman–Crippen LogP) is 8.18. The van der Waals surface area contributed by atoms with Gasteiger partial charge in [-0.05, 0) is 152 Å². The zero-order chi connectivity index (χ0) is 44.5. The van der Waals surface area contributed by atoms with Crippen molar-refractivity contribution in [1.29, 1.82) is 5.41 Å². The van der Waals surface area contributed by atoms with Crippen LogP contribution in [0.2, 0.25) is 0 Å². The van der Waals surface area contributed by atoms with Crippen molar-refractivity contribution in [3.05, 3.63) is 89.0 Å². The van der Waals surface area contributed by atoms with E-state index in [0.717, 1.165) is 40.7 Å². The molecule has 1 saturated heterocycles. The van der Waals surface area contributed by atoms with Crippen molar-refractivity contribution in [2.45, 2.75) is 124 Å². The Morgan fingerprint density at radius 3 is 2.05 bits per heavy atom. The van der Waals surface area contributed by atoms with Gasteiger partial charge in [-0.25, -0.2) is 9.59 Å². The molecule has 0 unspecified atom stereocenters. The van der Waals surface area contributed by atoms with Crippen molar-refractivity contribution in [1.82, 2.24) is 20.9 Å². The first kappa shape index (κ1) is 46.3. The van der Waals surface area contributed by atoms with Gasteiger partial charge in [-0.15, -0.1) is 0 Å². The van der Waals surface area contributed by atoms with Crippen LogP contribution in [0.4, 0.5) is 15.3 Å². The Morgan fingerprint density at radius 1 is 0.803 bits per heavy atom. The molecule has 328 valence electrons. The largest absolute Gasteiger partial charge is 0.444 e. The predicted molar refractivity (Wildman–Crippen MR) is 238 cm³/mol. The molecular weight excluding hydrogens is 773 g/mol. The van der Waals surface area contributed by atoms with Crippen LogP contribution in [0.1, 0.15) is 114 Å². The lowest BCUT2D eigenvalue weighted by Crippen LogP contribution is -2.48. The van der Waals surface area contributed by atoms with Gasteiger partial charge >= 0.3 is 12.2 Å². The number of carbonyl (C=O) groups is 5. The Labute approximate surface area is 360 Å². The van der Waals surface area contributed by atoms with E-state index in [-0.39, 0.29) is 48.1 Å². The van der Waals surface area contributed by atoms with Crippen molar-refractivity contribution in [2.75, 3.05) is 25.0 Å². The zero-order valence-corrected chi connectivity index (χ0v) is 37.0. The minimum absolute atomic E-state index is 0.0538. The number of ether oxygens (including phenoxy) is 2. The van der Waals surface area contributed by atoms with E-state index in [2.05, 4.69) is 21.3 Å². The second kappa shape index (κ2) is 20.2. The number of piperidine rings is 1. The molecule has 0 radical (unpaired) electrons. The number of aryl methyl sites for hydroxylation is 1. The smallest absolute Gasteiger partial charge is 0.410 e. The van der Waals surface area contributed by atoms with Gasteiger partial charge < -0.3 is 41.1 Å². The van der Waals surface area contributed by atoms with Crippen LogP contribution in [-0.2, 0) is 25.5 Å². The number of nitrogens with one attached hydrogen (secondary N) is 5. The van der Waals surface area contributed by atoms with Gasteiger partial charge in [0.1, 0.15) is 17.2 Å². The van der Waals surface area contributed by atoms with Gasteiger partial charge in [0.05, 0.1) is 0 Å². The molecule has 13 nitrogen and oxygen atoms in total. The molecule has 1 aliphatic heterocycles. The Balaban J connectivity index is 1.23. The highest BCUT2D eigenvalue weighted by Gasteiger charge is 2.31. The van der Waals surface area contributed by atoms with Gasteiger partial charge in [0.2, 0.25) is 11.8 Å². The van der Waals surface area contributed by atoms with E-state index in [1.54, 1.807) is 36.1 Å². The molecule has 5 rings (SSSR count). The van der Waals surface area contributed by atoms with Crippen LogP contribution in [0.3, 0.4) is 0 Å². The highest BCUT2D eigenvalue weighted by Crippen LogP contribution is 2.30. The van der Waals surface area contributed by atoms with Gasteiger partial charge in [0, 0.05) is 55.0 Å². The average Bonchev–Trinajstić information content (AvgIpc) is 3.19. The second-order valence-corrected chi connectivity index (χ2v) is 18.5. The van der Waals surface area contributed by atoms with Crippen LogP contribution < -0.4 is 21.3 Å². The van der Waals surface area contributed by atoms with Crippen LogP contribution in [0, 0.1) is 24.2 Å². The number of benzene rings is 3. The summed E-state index contributed by atoms with van der Waals surface area (Å²) in [6.07, 6.45) is 3.55. The molecule has 2 aliphatic rings. The number of rotatable bonds is 12. The Hall–Kier alpha value is -5.72. The van der Waals surface area contributed by atoms with Crippen LogP contribution in [0.15, 0.2) is 66.7 Å². The molecule has 3 aromatic carbocycles. The summed E-state index contributed by atoms with van der Waals surface area (Å²) in [5.74, 6) is -0.734. The second-order valence-electron chi connectivity index (χ2n) is 18.5. The number of carbonyl (C=O) groups excluding carboxylic acids is 5. The molecule has 0 spiro atoms. The molecule has 2 fully saturated rings. The van der Waals surface area contributed by atoms with Gasteiger partial charge in [-0.2, -0.15) is 0 Å². The van der Waals surface area contributed by atoms with E-state index in [9.17, 15) is 24.0 Å². The third-order valence-corrected chi connectivity index (χ3v) is 11.0. The van der Waals surface area contributed by atoms with E-state index in [0.29, 0.717) is 62.3 Å². The number of alkyl carbamates (subject to hydrolysis) is 1. The fraction of sp³-hybridized carbons (Fsp3) is 0.500. The number of anilines is 1. The van der Waals surface area contributed by atoms with Crippen LogP contribution in [-0.4, -0.2) is 83.4 Å². The molecule has 0 aromatic heterocycles. The molecule has 1 heterocycles. The SMILES string of the molecule is CC(=N)c1ccc(NC(=O)[C@H](Cc2cccc(-c3ccc(C(=O)NC4CCN(C(=O)OC(C)(C)C)CC4)cc3C)c2)NC(=O)C2CCC(CNC(=O)OC(C)(C)C)CC2)cc1. The summed E-state index contributed by atoms with van der Waals surface area (Å²) in [5, 5.41) is 19.9. The maximum atomic E-state index is 13.9. The minimum Gasteiger partial charge on any atom is -0.444 e. The molecule has 13 heteroatoms.